The summed E-state index contributed by atoms with van der Waals surface area (Å²) in [5, 5.41) is 13.4. The van der Waals surface area contributed by atoms with E-state index in [1.807, 2.05) is 0 Å². The van der Waals surface area contributed by atoms with Gasteiger partial charge in [0.1, 0.15) is 17.2 Å². The van der Waals surface area contributed by atoms with Crippen LogP contribution in [-0.4, -0.2) is 78.9 Å². The van der Waals surface area contributed by atoms with Crippen LogP contribution in [0.25, 0.3) is 0 Å². The molecule has 2 heterocycles. The van der Waals surface area contributed by atoms with Crippen LogP contribution in [0.15, 0.2) is 77.0 Å². The fourth-order valence-electron chi connectivity index (χ4n) is 3.74. The molecule has 2 amide bonds. The smallest absolute Gasteiger partial charge is 0.325 e. The second kappa shape index (κ2) is 13.2. The van der Waals surface area contributed by atoms with Gasteiger partial charge in [0.2, 0.25) is 5.91 Å². The highest BCUT2D eigenvalue weighted by Gasteiger charge is 2.18. The van der Waals surface area contributed by atoms with Gasteiger partial charge >= 0.3 is 5.97 Å². The highest BCUT2D eigenvalue weighted by molar-refractivity contribution is 5.99. The van der Waals surface area contributed by atoms with Gasteiger partial charge in [-0.3, -0.25) is 19.3 Å². The van der Waals surface area contributed by atoms with Gasteiger partial charge in [-0.25, -0.2) is 4.98 Å². The van der Waals surface area contributed by atoms with Crippen LogP contribution < -0.4 is 21.1 Å². The van der Waals surface area contributed by atoms with E-state index in [0.717, 1.165) is 26.2 Å². The lowest BCUT2D eigenvalue weighted by atomic mass is 10.2. The predicted molar refractivity (Wildman–Crippen MR) is 146 cm³/mol. The van der Waals surface area contributed by atoms with E-state index in [1.54, 1.807) is 60.7 Å². The molecule has 1 saturated heterocycles. The van der Waals surface area contributed by atoms with Crippen LogP contribution >= 0.6 is 0 Å². The van der Waals surface area contributed by atoms with Crippen molar-refractivity contribution < 1.29 is 19.1 Å². The van der Waals surface area contributed by atoms with Crippen molar-refractivity contribution in [3.05, 3.63) is 72.3 Å². The number of carbonyl (C=O) groups excluding carboxylic acids is 3. The number of carbonyl (C=O) groups is 3. The maximum atomic E-state index is 12.5. The predicted octanol–water partition coefficient (Wildman–Crippen LogP) is 2.60. The van der Waals surface area contributed by atoms with Crippen LogP contribution in [0.3, 0.4) is 0 Å². The zero-order valence-electron chi connectivity index (χ0n) is 21.5. The summed E-state index contributed by atoms with van der Waals surface area (Å²) in [5.41, 5.74) is 7.09. The van der Waals surface area contributed by atoms with Gasteiger partial charge in [0.05, 0.1) is 13.1 Å². The minimum Gasteiger partial charge on any atom is -0.423 e. The van der Waals surface area contributed by atoms with Crippen LogP contribution in [0.4, 0.5) is 23.0 Å². The van der Waals surface area contributed by atoms with E-state index in [9.17, 15) is 14.4 Å². The normalized spacial score (nSPS) is 14.2. The number of aromatic nitrogens is 1. The molecule has 1 fully saturated rings. The summed E-state index contributed by atoms with van der Waals surface area (Å²) in [6.07, 6.45) is 0. The molecule has 1 aliphatic heterocycles. The number of nitrogens with zero attached hydrogens (tertiary/aromatic N) is 5. The number of rotatable bonds is 9. The second-order valence-electron chi connectivity index (χ2n) is 8.92. The average molecular weight is 531 g/mol. The van der Waals surface area contributed by atoms with Crippen LogP contribution in [0.5, 0.6) is 5.75 Å². The van der Waals surface area contributed by atoms with Crippen molar-refractivity contribution >= 4 is 40.8 Å². The number of piperazine rings is 1. The van der Waals surface area contributed by atoms with Crippen LogP contribution in [0.1, 0.15) is 10.4 Å². The van der Waals surface area contributed by atoms with Crippen molar-refractivity contribution in [2.24, 2.45) is 10.2 Å². The summed E-state index contributed by atoms with van der Waals surface area (Å²) in [6.45, 7) is 3.37. The molecule has 1 aliphatic rings. The molecule has 4 rings (SSSR count). The average Bonchev–Trinajstić information content (AvgIpc) is 2.94. The van der Waals surface area contributed by atoms with Gasteiger partial charge in [0.15, 0.2) is 11.6 Å². The second-order valence-corrected chi connectivity index (χ2v) is 8.92. The molecule has 0 radical (unpaired) electrons. The Morgan fingerprint density at radius 1 is 0.923 bits per heavy atom. The SMILES string of the molecule is CN1CCN(CC(=O)Oc2ccccc2N=Nc2ccc(NC(=O)CNC(=O)c3ccccc3)nc2N)CC1. The molecule has 12 nitrogen and oxygen atoms in total. The Morgan fingerprint density at radius 3 is 2.36 bits per heavy atom. The summed E-state index contributed by atoms with van der Waals surface area (Å²) < 4.78 is 5.55. The Balaban J connectivity index is 1.32. The molecule has 3 aromatic rings. The third kappa shape index (κ3) is 8.15. The number of nitrogens with one attached hydrogen (secondary N) is 2. The summed E-state index contributed by atoms with van der Waals surface area (Å²) in [6, 6.07) is 18.5. The summed E-state index contributed by atoms with van der Waals surface area (Å²) in [7, 11) is 2.05. The molecule has 1 aromatic heterocycles. The number of hydrogen-bond donors (Lipinski definition) is 3. The van der Waals surface area contributed by atoms with Gasteiger partial charge in [0, 0.05) is 31.7 Å². The van der Waals surface area contributed by atoms with Crippen molar-refractivity contribution in [1.82, 2.24) is 20.1 Å². The Bertz CT molecular complexity index is 1340. The number of hydrogen-bond acceptors (Lipinski definition) is 10. The number of esters is 1. The lowest BCUT2D eigenvalue weighted by molar-refractivity contribution is -0.136. The number of amides is 2. The number of nitrogens with two attached hydrogens (primary N) is 1. The van der Waals surface area contributed by atoms with Crippen molar-refractivity contribution in [2.75, 3.05) is 57.4 Å². The van der Waals surface area contributed by atoms with Crippen LogP contribution in [0, 0.1) is 0 Å². The highest BCUT2D eigenvalue weighted by Crippen LogP contribution is 2.30. The Morgan fingerprint density at radius 2 is 1.62 bits per heavy atom. The van der Waals surface area contributed by atoms with E-state index < -0.39 is 5.91 Å². The Hall–Kier alpha value is -4.68. The standard InChI is InChI=1S/C27H30N8O4/c1-34-13-15-35(16-14-34)18-25(37)39-22-10-6-5-9-20(22)32-33-21-11-12-23(31-26(21)28)30-24(36)17-29-27(38)19-7-3-2-4-8-19/h2-12H,13-18H2,1H3,(H,29,38)(H3,28,30,31,36). The topological polar surface area (TPSA) is 155 Å². The largest absolute Gasteiger partial charge is 0.423 e. The zero-order chi connectivity index (χ0) is 27.6. The molecule has 0 bridgehead atoms. The zero-order valence-corrected chi connectivity index (χ0v) is 21.5. The number of pyridine rings is 1. The van der Waals surface area contributed by atoms with E-state index in [2.05, 4.69) is 42.7 Å². The van der Waals surface area contributed by atoms with E-state index >= 15 is 0 Å². The molecular formula is C27H30N8O4. The number of azo groups is 1. The van der Waals surface area contributed by atoms with Gasteiger partial charge in [-0.05, 0) is 43.4 Å². The monoisotopic (exact) mass is 530 g/mol. The summed E-state index contributed by atoms with van der Waals surface area (Å²) in [5.74, 6) is -0.679. The first kappa shape index (κ1) is 27.4. The lowest BCUT2D eigenvalue weighted by Gasteiger charge is -2.31. The molecule has 2 aromatic carbocycles. The van der Waals surface area contributed by atoms with E-state index in [0.29, 0.717) is 11.3 Å². The van der Waals surface area contributed by atoms with Gasteiger partial charge in [0.25, 0.3) is 5.91 Å². The summed E-state index contributed by atoms with van der Waals surface area (Å²) >= 11 is 0. The Kier molecular flexibility index (Phi) is 9.27. The van der Waals surface area contributed by atoms with Crippen LogP contribution in [-0.2, 0) is 9.59 Å². The maximum Gasteiger partial charge on any atom is 0.325 e. The third-order valence-electron chi connectivity index (χ3n) is 5.92. The molecule has 0 atom stereocenters. The fourth-order valence-corrected chi connectivity index (χ4v) is 3.74. The molecule has 0 saturated carbocycles. The number of anilines is 2. The van der Waals surface area contributed by atoms with E-state index in [4.69, 9.17) is 10.5 Å². The highest BCUT2D eigenvalue weighted by atomic mass is 16.5. The van der Waals surface area contributed by atoms with Gasteiger partial charge < -0.3 is 26.0 Å². The molecule has 202 valence electrons. The number of likely N-dealkylation sites (N-methyl/N-ethyl adjacent to an activating group) is 1. The first-order chi connectivity index (χ1) is 18.9. The minimum atomic E-state index is -0.465. The van der Waals surface area contributed by atoms with Gasteiger partial charge in [-0.15, -0.1) is 10.2 Å². The quantitative estimate of drug-likeness (QED) is 0.217. The minimum absolute atomic E-state index is 0.0365. The van der Waals surface area contributed by atoms with Crippen molar-refractivity contribution in [1.29, 1.82) is 0 Å². The number of ether oxygens (including phenoxy) is 1. The molecule has 0 aliphatic carbocycles. The first-order valence-corrected chi connectivity index (χ1v) is 12.4. The van der Waals surface area contributed by atoms with E-state index in [1.165, 1.54) is 6.07 Å². The molecule has 39 heavy (non-hydrogen) atoms. The number of nitrogen functional groups attached to an aromatic ring is 1. The van der Waals surface area contributed by atoms with Crippen molar-refractivity contribution in [3.63, 3.8) is 0 Å². The molecular weight excluding hydrogens is 500 g/mol. The third-order valence-corrected chi connectivity index (χ3v) is 5.92. The molecule has 4 N–H and O–H groups in total. The van der Waals surface area contributed by atoms with E-state index in [-0.39, 0.29) is 48.0 Å². The van der Waals surface area contributed by atoms with Gasteiger partial charge in [-0.2, -0.15) is 0 Å². The molecule has 0 unspecified atom stereocenters. The lowest BCUT2D eigenvalue weighted by Crippen LogP contribution is -2.46. The van der Waals surface area contributed by atoms with Crippen molar-refractivity contribution in [2.45, 2.75) is 0 Å². The van der Waals surface area contributed by atoms with Crippen molar-refractivity contribution in [3.8, 4) is 5.75 Å². The van der Waals surface area contributed by atoms with Gasteiger partial charge in [-0.1, -0.05) is 30.3 Å². The first-order valence-electron chi connectivity index (χ1n) is 12.4. The number of benzene rings is 2. The van der Waals surface area contributed by atoms with Crippen LogP contribution in [0.2, 0.25) is 0 Å². The fraction of sp³-hybridized carbons (Fsp3) is 0.259. The summed E-state index contributed by atoms with van der Waals surface area (Å²) in [4.78, 5) is 45.2. The molecule has 0 spiro atoms. The maximum absolute atomic E-state index is 12.5. The Labute approximate surface area is 225 Å². The molecule has 12 heteroatoms. The number of para-hydroxylation sites is 1.